The van der Waals surface area contributed by atoms with Gasteiger partial charge in [0.05, 0.1) is 10.6 Å². The number of amides is 2. The average Bonchev–Trinajstić information content (AvgIpc) is 3.14. The molecule has 1 aliphatic rings. The molecule has 0 bridgehead atoms. The Bertz CT molecular complexity index is 845. The van der Waals surface area contributed by atoms with E-state index in [1.807, 2.05) is 0 Å². The molecule has 1 N–H and O–H groups in total. The zero-order valence-corrected chi connectivity index (χ0v) is 11.9. The topological polar surface area (TPSA) is 158 Å². The van der Waals surface area contributed by atoms with E-state index >= 15 is 0 Å². The van der Waals surface area contributed by atoms with E-state index in [9.17, 15) is 24.5 Å². The van der Waals surface area contributed by atoms with Crippen molar-refractivity contribution in [3.8, 4) is 0 Å². The highest BCUT2D eigenvalue weighted by Gasteiger charge is 2.32. The highest BCUT2D eigenvalue weighted by Crippen LogP contribution is 2.28. The largest absolute Gasteiger partial charge is 0.373 e. The summed E-state index contributed by atoms with van der Waals surface area (Å²) < 4.78 is 4.48. The fraction of sp³-hybridized carbons (Fsp3) is 0.250. The van der Waals surface area contributed by atoms with E-state index in [1.165, 1.54) is 12.1 Å². The van der Waals surface area contributed by atoms with Crippen molar-refractivity contribution in [2.75, 3.05) is 11.9 Å². The number of hydroxylamine groups is 2. The second kappa shape index (κ2) is 5.91. The van der Waals surface area contributed by atoms with Crippen LogP contribution in [-0.2, 0) is 19.2 Å². The van der Waals surface area contributed by atoms with Crippen LogP contribution in [0.4, 0.5) is 11.4 Å². The number of hydrogen-bond acceptors (Lipinski definition) is 10. The Morgan fingerprint density at radius 1 is 1.29 bits per heavy atom. The van der Waals surface area contributed by atoms with E-state index in [2.05, 4.69) is 25.1 Å². The number of nitro benzene ring substituents is 1. The third-order valence-corrected chi connectivity index (χ3v) is 3.21. The highest BCUT2D eigenvalue weighted by molar-refractivity contribution is 6.01. The number of carbonyl (C=O) groups is 3. The Labute approximate surface area is 132 Å². The summed E-state index contributed by atoms with van der Waals surface area (Å²) in [6, 6.07) is 2.50. The number of non-ortho nitro benzene ring substituents is 1. The van der Waals surface area contributed by atoms with E-state index < -0.39 is 29.3 Å². The Morgan fingerprint density at radius 2 is 1.96 bits per heavy atom. The second-order valence-electron chi connectivity index (χ2n) is 4.75. The molecule has 0 saturated carbocycles. The van der Waals surface area contributed by atoms with Gasteiger partial charge < -0.3 is 10.2 Å². The monoisotopic (exact) mass is 335 g/mol. The fourth-order valence-corrected chi connectivity index (χ4v) is 2.10. The summed E-state index contributed by atoms with van der Waals surface area (Å²) in [5.74, 6) is -2.07. The minimum atomic E-state index is -0.887. The summed E-state index contributed by atoms with van der Waals surface area (Å²) in [5, 5.41) is 20.9. The van der Waals surface area contributed by atoms with Gasteiger partial charge in [0.25, 0.3) is 11.8 Å². The number of nitro groups is 1. The summed E-state index contributed by atoms with van der Waals surface area (Å²) in [6.45, 7) is -0.406. The van der Waals surface area contributed by atoms with Crippen LogP contribution in [0, 0.1) is 10.1 Å². The number of rotatable bonds is 5. The lowest BCUT2D eigenvalue weighted by Gasteiger charge is -2.13. The van der Waals surface area contributed by atoms with E-state index in [-0.39, 0.29) is 35.2 Å². The third kappa shape index (κ3) is 2.71. The first kappa shape index (κ1) is 15.3. The van der Waals surface area contributed by atoms with Crippen molar-refractivity contribution in [2.45, 2.75) is 12.8 Å². The molecule has 0 unspecified atom stereocenters. The number of imide groups is 1. The number of hydrogen-bond donors (Lipinski definition) is 1. The molecule has 3 rings (SSSR count). The van der Waals surface area contributed by atoms with Gasteiger partial charge in [-0.25, -0.2) is 9.42 Å². The van der Waals surface area contributed by atoms with Gasteiger partial charge in [0.15, 0.2) is 5.52 Å². The van der Waals surface area contributed by atoms with Crippen LogP contribution in [0.3, 0.4) is 0 Å². The van der Waals surface area contributed by atoms with E-state index in [0.29, 0.717) is 5.06 Å². The minimum Gasteiger partial charge on any atom is -0.373 e. The number of aromatic nitrogens is 2. The fourth-order valence-electron chi connectivity index (χ4n) is 2.10. The summed E-state index contributed by atoms with van der Waals surface area (Å²) >= 11 is 0. The van der Waals surface area contributed by atoms with Crippen LogP contribution in [0.1, 0.15) is 12.8 Å². The van der Waals surface area contributed by atoms with Gasteiger partial charge in [0.1, 0.15) is 6.54 Å². The molecule has 0 radical (unpaired) electrons. The molecular weight excluding hydrogens is 326 g/mol. The molecule has 1 aliphatic heterocycles. The van der Waals surface area contributed by atoms with Crippen LogP contribution in [0.5, 0.6) is 0 Å². The molecule has 1 saturated heterocycles. The van der Waals surface area contributed by atoms with Crippen molar-refractivity contribution in [1.29, 1.82) is 0 Å². The molecule has 24 heavy (non-hydrogen) atoms. The minimum absolute atomic E-state index is 0.00682. The summed E-state index contributed by atoms with van der Waals surface area (Å²) in [7, 11) is 0. The molecule has 0 atom stereocenters. The van der Waals surface area contributed by atoms with Crippen LogP contribution in [-0.4, -0.2) is 44.6 Å². The third-order valence-electron chi connectivity index (χ3n) is 3.21. The van der Waals surface area contributed by atoms with Crippen molar-refractivity contribution in [2.24, 2.45) is 0 Å². The Kier molecular flexibility index (Phi) is 3.77. The van der Waals surface area contributed by atoms with Crippen LogP contribution in [0.2, 0.25) is 0 Å². The highest BCUT2D eigenvalue weighted by atomic mass is 16.7. The van der Waals surface area contributed by atoms with E-state index in [4.69, 9.17) is 0 Å². The van der Waals surface area contributed by atoms with Gasteiger partial charge in [-0.2, -0.15) is 0 Å². The van der Waals surface area contributed by atoms with E-state index in [1.54, 1.807) is 0 Å². The van der Waals surface area contributed by atoms with Gasteiger partial charge in [-0.05, 0) is 16.4 Å². The number of nitrogens with one attached hydrogen (secondary N) is 1. The first-order valence-electron chi connectivity index (χ1n) is 6.67. The molecule has 0 spiro atoms. The number of nitrogens with zero attached hydrogens (tertiary/aromatic N) is 4. The van der Waals surface area contributed by atoms with Crippen molar-refractivity contribution in [3.63, 3.8) is 0 Å². The van der Waals surface area contributed by atoms with Crippen molar-refractivity contribution in [1.82, 2.24) is 15.4 Å². The van der Waals surface area contributed by atoms with E-state index in [0.717, 1.165) is 0 Å². The zero-order chi connectivity index (χ0) is 17.3. The lowest BCUT2D eigenvalue weighted by molar-refractivity contribution is -0.383. The average molecular weight is 335 g/mol. The van der Waals surface area contributed by atoms with Gasteiger partial charge in [-0.1, -0.05) is 0 Å². The maximum atomic E-state index is 11.7. The van der Waals surface area contributed by atoms with Gasteiger partial charge in [0.2, 0.25) is 5.52 Å². The Hall–Kier alpha value is -3.57. The Balaban J connectivity index is 1.70. The maximum Gasteiger partial charge on any atom is 0.352 e. The molecule has 1 aromatic heterocycles. The van der Waals surface area contributed by atoms with Crippen molar-refractivity contribution < 1.29 is 28.8 Å². The van der Waals surface area contributed by atoms with Crippen molar-refractivity contribution >= 4 is 40.2 Å². The van der Waals surface area contributed by atoms with Crippen molar-refractivity contribution in [3.05, 3.63) is 22.2 Å². The first-order chi connectivity index (χ1) is 11.5. The zero-order valence-electron chi connectivity index (χ0n) is 11.9. The standard InChI is InChI=1S/C12H9N5O7/c18-8-3-4-9(19)16(8)23-10(20)5-13-6-1-2-7(17(21)22)12-11(6)14-24-15-12/h1-2,13H,3-5H2. The van der Waals surface area contributed by atoms with Crippen LogP contribution in [0.15, 0.2) is 16.8 Å². The molecule has 0 aliphatic carbocycles. The lowest BCUT2D eigenvalue weighted by Crippen LogP contribution is -2.34. The SMILES string of the molecule is O=C(CNc1ccc([N+](=O)[O-])c2nonc12)ON1C(=O)CCC1=O. The van der Waals surface area contributed by atoms with Crippen LogP contribution < -0.4 is 5.32 Å². The molecule has 12 heteroatoms. The normalized spacial score (nSPS) is 14.2. The summed E-state index contributed by atoms with van der Waals surface area (Å²) in [4.78, 5) is 49.3. The van der Waals surface area contributed by atoms with Crippen LogP contribution >= 0.6 is 0 Å². The Morgan fingerprint density at radius 3 is 2.62 bits per heavy atom. The van der Waals surface area contributed by atoms with Gasteiger partial charge >= 0.3 is 11.7 Å². The molecule has 124 valence electrons. The predicted molar refractivity (Wildman–Crippen MR) is 74.1 cm³/mol. The molecular formula is C12H9N5O7. The predicted octanol–water partition coefficient (Wildman–Crippen LogP) is 0.150. The maximum absolute atomic E-state index is 11.7. The summed E-state index contributed by atoms with van der Waals surface area (Å²) in [5.41, 5.74) is -0.0749. The molecule has 2 aromatic rings. The number of benzene rings is 1. The van der Waals surface area contributed by atoms with Crippen LogP contribution in [0.25, 0.3) is 11.0 Å². The number of anilines is 1. The molecule has 2 heterocycles. The first-order valence-corrected chi connectivity index (χ1v) is 6.67. The number of fused-ring (bicyclic) bond motifs is 1. The van der Waals surface area contributed by atoms with Gasteiger partial charge in [-0.15, -0.1) is 5.06 Å². The second-order valence-corrected chi connectivity index (χ2v) is 4.75. The van der Waals surface area contributed by atoms with Gasteiger partial charge in [-0.3, -0.25) is 19.7 Å². The van der Waals surface area contributed by atoms with Gasteiger partial charge in [0, 0.05) is 18.9 Å². The molecule has 2 amide bonds. The quantitative estimate of drug-likeness (QED) is 0.453. The molecule has 1 fully saturated rings. The molecule has 12 nitrogen and oxygen atoms in total. The lowest BCUT2D eigenvalue weighted by atomic mass is 10.2. The summed E-state index contributed by atoms with van der Waals surface area (Å²) in [6.07, 6.45) is -0.0136. The number of carbonyl (C=O) groups excluding carboxylic acids is 3. The smallest absolute Gasteiger partial charge is 0.352 e. The molecule has 1 aromatic carbocycles.